The van der Waals surface area contributed by atoms with E-state index in [0.29, 0.717) is 12.4 Å². The maximum atomic E-state index is 12.6. The molecular formula is C25H27F4N5O5. The summed E-state index contributed by atoms with van der Waals surface area (Å²) in [5, 5.41) is 12.3. The molecule has 0 radical (unpaired) electrons. The Balaban J connectivity index is 1.74. The molecule has 0 aliphatic carbocycles. The van der Waals surface area contributed by atoms with Gasteiger partial charge < -0.3 is 24.8 Å². The summed E-state index contributed by atoms with van der Waals surface area (Å²) in [6.45, 7) is 0.238. The van der Waals surface area contributed by atoms with Gasteiger partial charge in [-0.1, -0.05) is 17.3 Å². The number of hydrogen-bond donors (Lipinski definition) is 2. The van der Waals surface area contributed by atoms with E-state index in [4.69, 9.17) is 14.2 Å². The molecule has 0 bridgehead atoms. The lowest BCUT2D eigenvalue weighted by atomic mass is 10.1. The fraction of sp³-hybridized carbons (Fsp3) is 0.360. The SMILES string of the molecule is CCOc1cccc(CNC(=O)c2cn(-c3ccc(C(=O)NCC(F)(F)F)cc3OCCOCCF)nn2)c1. The highest BCUT2D eigenvalue weighted by Gasteiger charge is 2.28. The number of benzene rings is 2. The summed E-state index contributed by atoms with van der Waals surface area (Å²) in [6.07, 6.45) is -3.25. The van der Waals surface area contributed by atoms with Gasteiger partial charge in [-0.05, 0) is 42.8 Å². The third kappa shape index (κ3) is 9.25. The average Bonchev–Trinajstić information content (AvgIpc) is 3.40. The molecule has 1 aromatic heterocycles. The van der Waals surface area contributed by atoms with Gasteiger partial charge in [0.1, 0.15) is 37.0 Å². The number of aromatic nitrogens is 3. The predicted molar refractivity (Wildman–Crippen MR) is 131 cm³/mol. The molecule has 0 saturated heterocycles. The highest BCUT2D eigenvalue weighted by atomic mass is 19.4. The molecule has 0 saturated carbocycles. The van der Waals surface area contributed by atoms with Gasteiger partial charge in [0, 0.05) is 12.1 Å². The first-order valence-corrected chi connectivity index (χ1v) is 11.9. The second-order valence-corrected chi connectivity index (χ2v) is 7.94. The number of ether oxygens (including phenoxy) is 3. The lowest BCUT2D eigenvalue weighted by Gasteiger charge is -2.14. The summed E-state index contributed by atoms with van der Waals surface area (Å²) in [7, 11) is 0. The highest BCUT2D eigenvalue weighted by molar-refractivity contribution is 5.95. The maximum Gasteiger partial charge on any atom is 0.405 e. The Hall–Kier alpha value is -4.20. The zero-order chi connectivity index (χ0) is 28.3. The van der Waals surface area contributed by atoms with Gasteiger partial charge >= 0.3 is 6.18 Å². The van der Waals surface area contributed by atoms with E-state index >= 15 is 0 Å². The summed E-state index contributed by atoms with van der Waals surface area (Å²) in [6, 6.07) is 11.1. The van der Waals surface area contributed by atoms with Crippen molar-refractivity contribution in [3.8, 4) is 17.2 Å². The Labute approximate surface area is 221 Å². The van der Waals surface area contributed by atoms with Crippen LogP contribution in [0.25, 0.3) is 5.69 Å². The van der Waals surface area contributed by atoms with Crippen LogP contribution in [-0.2, 0) is 11.3 Å². The minimum absolute atomic E-state index is 0.0137. The molecule has 210 valence electrons. The molecule has 2 N–H and O–H groups in total. The molecular weight excluding hydrogens is 526 g/mol. The number of hydrogen-bond acceptors (Lipinski definition) is 7. The fourth-order valence-corrected chi connectivity index (χ4v) is 3.28. The first-order chi connectivity index (χ1) is 18.7. The number of nitrogens with zero attached hydrogens (tertiary/aromatic N) is 3. The molecule has 0 fully saturated rings. The van der Waals surface area contributed by atoms with Crippen LogP contribution in [0.5, 0.6) is 11.5 Å². The zero-order valence-electron chi connectivity index (χ0n) is 21.0. The van der Waals surface area contributed by atoms with Crippen molar-refractivity contribution >= 4 is 11.8 Å². The Morgan fingerprint density at radius 2 is 1.82 bits per heavy atom. The topological polar surface area (TPSA) is 117 Å². The average molecular weight is 554 g/mol. The van der Waals surface area contributed by atoms with Gasteiger partial charge in [0.25, 0.3) is 11.8 Å². The van der Waals surface area contributed by atoms with Gasteiger partial charge in [-0.3, -0.25) is 9.59 Å². The van der Waals surface area contributed by atoms with Crippen molar-refractivity contribution in [1.82, 2.24) is 25.6 Å². The smallest absolute Gasteiger partial charge is 0.405 e. The van der Waals surface area contributed by atoms with Crippen LogP contribution in [0, 0.1) is 0 Å². The van der Waals surface area contributed by atoms with Crippen molar-refractivity contribution in [1.29, 1.82) is 0 Å². The molecule has 10 nitrogen and oxygen atoms in total. The summed E-state index contributed by atoms with van der Waals surface area (Å²) in [5.74, 6) is -0.741. The molecule has 3 rings (SSSR count). The van der Waals surface area contributed by atoms with Crippen molar-refractivity contribution in [3.63, 3.8) is 0 Å². The summed E-state index contributed by atoms with van der Waals surface area (Å²) in [5.41, 5.74) is 0.950. The number of nitrogens with one attached hydrogen (secondary N) is 2. The van der Waals surface area contributed by atoms with Crippen LogP contribution >= 0.6 is 0 Å². The van der Waals surface area contributed by atoms with E-state index in [-0.39, 0.29) is 49.1 Å². The minimum Gasteiger partial charge on any atom is -0.494 e. The van der Waals surface area contributed by atoms with Gasteiger partial charge in [-0.15, -0.1) is 5.10 Å². The monoisotopic (exact) mass is 553 g/mol. The molecule has 0 unspecified atom stereocenters. The van der Waals surface area contributed by atoms with Gasteiger partial charge in [0.05, 0.1) is 26.0 Å². The first kappa shape index (κ1) is 29.4. The van der Waals surface area contributed by atoms with E-state index in [1.165, 1.54) is 29.1 Å². The van der Waals surface area contributed by atoms with E-state index in [1.807, 2.05) is 13.0 Å². The zero-order valence-corrected chi connectivity index (χ0v) is 21.0. The van der Waals surface area contributed by atoms with E-state index < -0.39 is 31.2 Å². The Morgan fingerprint density at radius 1 is 1.00 bits per heavy atom. The lowest BCUT2D eigenvalue weighted by molar-refractivity contribution is -0.123. The van der Waals surface area contributed by atoms with Crippen molar-refractivity contribution < 1.29 is 41.4 Å². The molecule has 14 heteroatoms. The fourth-order valence-electron chi connectivity index (χ4n) is 3.28. The third-order valence-electron chi connectivity index (χ3n) is 5.01. The van der Waals surface area contributed by atoms with E-state index in [0.717, 1.165) is 5.56 Å². The Morgan fingerprint density at radius 3 is 2.56 bits per heavy atom. The molecule has 0 spiro atoms. The summed E-state index contributed by atoms with van der Waals surface area (Å²) in [4.78, 5) is 24.9. The molecule has 39 heavy (non-hydrogen) atoms. The molecule has 1 heterocycles. The first-order valence-electron chi connectivity index (χ1n) is 11.9. The maximum absolute atomic E-state index is 12.6. The van der Waals surface area contributed by atoms with Crippen molar-refractivity contribution in [3.05, 3.63) is 65.5 Å². The molecule has 0 aliphatic heterocycles. The van der Waals surface area contributed by atoms with Crippen molar-refractivity contribution in [2.45, 2.75) is 19.6 Å². The Bertz CT molecular complexity index is 1250. The number of carbonyl (C=O) groups is 2. The van der Waals surface area contributed by atoms with Crippen LogP contribution in [0.2, 0.25) is 0 Å². The number of alkyl halides is 4. The van der Waals surface area contributed by atoms with Gasteiger partial charge in [-0.25, -0.2) is 9.07 Å². The van der Waals surface area contributed by atoms with Crippen molar-refractivity contribution in [2.24, 2.45) is 0 Å². The second-order valence-electron chi connectivity index (χ2n) is 7.94. The normalized spacial score (nSPS) is 11.2. The number of rotatable bonds is 14. The quantitative estimate of drug-likeness (QED) is 0.233. The van der Waals surface area contributed by atoms with Crippen LogP contribution in [-0.4, -0.2) is 72.6 Å². The Kier molecular flexibility index (Phi) is 10.6. The van der Waals surface area contributed by atoms with Crippen LogP contribution in [0.3, 0.4) is 0 Å². The summed E-state index contributed by atoms with van der Waals surface area (Å²) >= 11 is 0. The molecule has 0 atom stereocenters. The van der Waals surface area contributed by atoms with Crippen LogP contribution in [0.15, 0.2) is 48.7 Å². The van der Waals surface area contributed by atoms with Gasteiger partial charge in [0.15, 0.2) is 5.69 Å². The number of halogens is 4. The summed E-state index contributed by atoms with van der Waals surface area (Å²) < 4.78 is 67.1. The minimum atomic E-state index is -4.58. The third-order valence-corrected chi connectivity index (χ3v) is 5.01. The molecule has 2 amide bonds. The van der Waals surface area contributed by atoms with Gasteiger partial charge in [0.2, 0.25) is 0 Å². The van der Waals surface area contributed by atoms with Crippen LogP contribution in [0.1, 0.15) is 33.3 Å². The van der Waals surface area contributed by atoms with Gasteiger partial charge in [-0.2, -0.15) is 13.2 Å². The predicted octanol–water partition coefficient (Wildman–Crippen LogP) is 3.25. The largest absolute Gasteiger partial charge is 0.494 e. The lowest BCUT2D eigenvalue weighted by Crippen LogP contribution is -2.33. The van der Waals surface area contributed by atoms with Crippen LogP contribution in [0.4, 0.5) is 17.6 Å². The molecule has 3 aromatic rings. The van der Waals surface area contributed by atoms with E-state index in [9.17, 15) is 27.2 Å². The van der Waals surface area contributed by atoms with E-state index in [1.54, 1.807) is 23.5 Å². The standard InChI is InChI=1S/C25H27F4N5O5/c1-2-38-19-5-3-4-17(12-19)14-30-24(36)20-15-34(33-32-20)21-7-6-18(23(35)31-16-25(27,28)29)13-22(21)39-11-10-37-9-8-26/h3-7,12-13,15H,2,8-11,14,16H2,1H3,(H,30,36)(H,31,35). The number of carbonyl (C=O) groups excluding carboxylic acids is 2. The molecule has 2 aromatic carbocycles. The molecule has 0 aliphatic rings. The van der Waals surface area contributed by atoms with Crippen LogP contribution < -0.4 is 20.1 Å². The second kappa shape index (κ2) is 14.1. The number of amides is 2. The van der Waals surface area contributed by atoms with E-state index in [2.05, 4.69) is 15.6 Å². The highest BCUT2D eigenvalue weighted by Crippen LogP contribution is 2.25. The van der Waals surface area contributed by atoms with Crippen molar-refractivity contribution in [2.75, 3.05) is 39.6 Å².